The Bertz CT molecular complexity index is 1100. The Morgan fingerprint density at radius 1 is 0.927 bits per heavy atom. The first-order valence-corrected chi connectivity index (χ1v) is 16.8. The van der Waals surface area contributed by atoms with E-state index >= 15 is 0 Å². The zero-order valence-corrected chi connectivity index (χ0v) is 27.3. The molecule has 0 bridgehead atoms. The Labute approximate surface area is 256 Å². The lowest BCUT2D eigenvalue weighted by Crippen LogP contribution is -2.30. The molecular weight excluding hydrogens is 613 g/mol. The molecule has 0 aliphatic carbocycles. The Morgan fingerprint density at radius 3 is 1.98 bits per heavy atom. The summed E-state index contributed by atoms with van der Waals surface area (Å²) in [7, 11) is -3.70. The van der Waals surface area contributed by atoms with Gasteiger partial charge < -0.3 is 35.6 Å². The molecule has 2 atom stereocenters. The quantitative estimate of drug-likeness (QED) is 0.147. The van der Waals surface area contributed by atoms with Crippen molar-refractivity contribution >= 4 is 70.7 Å². The molecule has 0 amide bonds. The number of rotatable bonds is 19. The molecule has 0 aliphatic rings. The lowest BCUT2D eigenvalue weighted by atomic mass is 10.1. The first-order chi connectivity index (χ1) is 18.9. The highest BCUT2D eigenvalue weighted by Crippen LogP contribution is 2.48. The van der Waals surface area contributed by atoms with Crippen molar-refractivity contribution in [3.8, 4) is 0 Å². The summed E-state index contributed by atoms with van der Waals surface area (Å²) >= 11 is 2.07. The number of thioether (sulfide) groups is 2. The molecule has 0 saturated heterocycles. The third kappa shape index (κ3) is 13.7. The number of imidazole rings is 1. The highest BCUT2D eigenvalue weighted by atomic mass is 35.5. The van der Waals surface area contributed by atoms with Crippen LogP contribution in [0.1, 0.15) is 40.5 Å². The van der Waals surface area contributed by atoms with Gasteiger partial charge in [0.15, 0.2) is 11.5 Å². The maximum Gasteiger partial charge on any atom is 0.356 e. The molecule has 13 nitrogen and oxygen atoms in total. The van der Waals surface area contributed by atoms with Gasteiger partial charge in [0.25, 0.3) is 0 Å². The first kappa shape index (κ1) is 37.7. The lowest BCUT2D eigenvalue weighted by Gasteiger charge is -2.19. The molecule has 0 spiro atoms. The standard InChI is InChI=1S/C24H42N7O6PS2.ClH/c1-16(2)11-18(25)23(32)39-9-7-36-38(34,37-8-10-40-24(33)19(26)12-17(3)4)15-35-6-5-31-14-30-20-21(27)28-13-29-22(20)31;/h13-14,16-19H,5-12,15,25-26H2,1-4H3,(H2,27,28,29);1H/t18-,19-;/m0./s1. The van der Waals surface area contributed by atoms with Crippen LogP contribution >= 0.6 is 43.5 Å². The largest absolute Gasteiger partial charge is 0.382 e. The van der Waals surface area contributed by atoms with Gasteiger partial charge in [-0.3, -0.25) is 14.2 Å². The monoisotopic (exact) mass is 655 g/mol. The van der Waals surface area contributed by atoms with E-state index in [-0.39, 0.29) is 66.1 Å². The summed E-state index contributed by atoms with van der Waals surface area (Å²) in [6.07, 6.45) is 3.79. The van der Waals surface area contributed by atoms with Crippen LogP contribution in [0.2, 0.25) is 0 Å². The van der Waals surface area contributed by atoms with Crippen LogP contribution in [0.5, 0.6) is 0 Å². The van der Waals surface area contributed by atoms with Crippen molar-refractivity contribution < 1.29 is 27.9 Å². The minimum atomic E-state index is -3.70. The van der Waals surface area contributed by atoms with Crippen molar-refractivity contribution in [3.63, 3.8) is 0 Å². The number of anilines is 1. The Kier molecular flexibility index (Phi) is 17.6. The van der Waals surface area contributed by atoms with Crippen LogP contribution in [0.25, 0.3) is 11.2 Å². The SMILES string of the molecule is CC(C)C[C@H](N)C(=O)SCCOP(=O)(COCCn1cnc2c(N)ncnc21)OCCSC(=O)[C@@H](N)CC(C)C.Cl. The number of hydrogen-bond donors (Lipinski definition) is 3. The van der Waals surface area contributed by atoms with Crippen LogP contribution < -0.4 is 17.2 Å². The van der Waals surface area contributed by atoms with E-state index in [0.29, 0.717) is 42.4 Å². The van der Waals surface area contributed by atoms with Gasteiger partial charge in [-0.1, -0.05) is 51.2 Å². The van der Waals surface area contributed by atoms with E-state index in [9.17, 15) is 14.2 Å². The van der Waals surface area contributed by atoms with E-state index in [0.717, 1.165) is 23.5 Å². The Morgan fingerprint density at radius 2 is 1.46 bits per heavy atom. The number of nitrogen functional groups attached to an aromatic ring is 1. The number of hydrogen-bond acceptors (Lipinski definition) is 14. The zero-order valence-electron chi connectivity index (χ0n) is 24.0. The third-order valence-corrected chi connectivity index (χ3v) is 9.01. The van der Waals surface area contributed by atoms with Crippen LogP contribution in [0.4, 0.5) is 5.82 Å². The highest BCUT2D eigenvalue weighted by molar-refractivity contribution is 8.14. The number of ether oxygens (including phenoxy) is 1. The molecule has 2 rings (SSSR count). The average molecular weight is 656 g/mol. The van der Waals surface area contributed by atoms with Gasteiger partial charge in [-0.2, -0.15) is 0 Å². The van der Waals surface area contributed by atoms with Gasteiger partial charge in [-0.25, -0.2) is 15.0 Å². The summed E-state index contributed by atoms with van der Waals surface area (Å²) in [5.41, 5.74) is 18.7. The number of carbonyl (C=O) groups excluding carboxylic acids is 2. The van der Waals surface area contributed by atoms with Gasteiger partial charge in [-0.05, 0) is 24.7 Å². The second kappa shape index (κ2) is 19.1. The molecule has 41 heavy (non-hydrogen) atoms. The normalized spacial score (nSPS) is 13.5. The zero-order chi connectivity index (χ0) is 29.7. The molecular formula is C24H43ClN7O6PS2. The van der Waals surface area contributed by atoms with Crippen LogP contribution in [0.15, 0.2) is 12.7 Å². The van der Waals surface area contributed by atoms with Crippen molar-refractivity contribution in [2.24, 2.45) is 23.3 Å². The van der Waals surface area contributed by atoms with E-state index in [4.69, 9.17) is 31.0 Å². The molecule has 0 saturated carbocycles. The smallest absolute Gasteiger partial charge is 0.356 e. The predicted octanol–water partition coefficient (Wildman–Crippen LogP) is 3.30. The molecule has 0 radical (unpaired) electrons. The molecule has 0 aromatic carbocycles. The van der Waals surface area contributed by atoms with Crippen LogP contribution in [0, 0.1) is 11.8 Å². The number of fused-ring (bicyclic) bond motifs is 1. The van der Waals surface area contributed by atoms with Crippen molar-refractivity contribution in [3.05, 3.63) is 12.7 Å². The molecule has 2 aromatic rings. The molecule has 6 N–H and O–H groups in total. The molecule has 0 unspecified atom stereocenters. The highest BCUT2D eigenvalue weighted by Gasteiger charge is 2.26. The number of carbonyl (C=O) groups is 2. The Balaban J connectivity index is 0.00000840. The van der Waals surface area contributed by atoms with Gasteiger partial charge >= 0.3 is 7.60 Å². The van der Waals surface area contributed by atoms with E-state index < -0.39 is 19.7 Å². The number of nitrogens with two attached hydrogens (primary N) is 3. The fourth-order valence-corrected chi connectivity index (χ4v) is 6.49. The van der Waals surface area contributed by atoms with Gasteiger partial charge in [-0.15, -0.1) is 12.4 Å². The summed E-state index contributed by atoms with van der Waals surface area (Å²) in [6.45, 7) is 8.52. The summed E-state index contributed by atoms with van der Waals surface area (Å²) < 4.78 is 32.0. The van der Waals surface area contributed by atoms with Gasteiger partial charge in [0.05, 0.1) is 38.2 Å². The fraction of sp³-hybridized carbons (Fsp3) is 0.708. The fourth-order valence-electron chi connectivity index (χ4n) is 3.57. The number of halogens is 1. The molecule has 2 heterocycles. The molecule has 234 valence electrons. The summed E-state index contributed by atoms with van der Waals surface area (Å²) in [4.78, 5) is 36.8. The van der Waals surface area contributed by atoms with Crippen LogP contribution in [-0.2, 0) is 34.5 Å². The number of nitrogens with zero attached hydrogens (tertiary/aromatic N) is 4. The summed E-state index contributed by atoms with van der Waals surface area (Å²) in [6, 6.07) is -1.12. The predicted molar refractivity (Wildman–Crippen MR) is 167 cm³/mol. The second-order valence-corrected chi connectivity index (χ2v) is 14.2. The first-order valence-electron chi connectivity index (χ1n) is 13.1. The van der Waals surface area contributed by atoms with E-state index in [2.05, 4.69) is 15.0 Å². The van der Waals surface area contributed by atoms with Gasteiger partial charge in [0, 0.05) is 18.1 Å². The van der Waals surface area contributed by atoms with Gasteiger partial charge in [0.1, 0.15) is 18.2 Å². The van der Waals surface area contributed by atoms with Crippen LogP contribution in [-0.4, -0.2) is 79.5 Å². The van der Waals surface area contributed by atoms with E-state index in [1.54, 1.807) is 10.9 Å². The minimum absolute atomic E-state index is 0. The third-order valence-electron chi connectivity index (χ3n) is 5.44. The Hall–Kier alpha value is -1.29. The minimum Gasteiger partial charge on any atom is -0.382 e. The summed E-state index contributed by atoms with van der Waals surface area (Å²) in [5, 5.41) is -0.289. The molecule has 0 aliphatic heterocycles. The maximum absolute atomic E-state index is 13.4. The van der Waals surface area contributed by atoms with Crippen molar-refractivity contribution in [2.75, 3.05) is 43.4 Å². The van der Waals surface area contributed by atoms with Crippen molar-refractivity contribution in [1.29, 1.82) is 0 Å². The van der Waals surface area contributed by atoms with E-state index in [1.165, 1.54) is 6.33 Å². The van der Waals surface area contributed by atoms with Crippen molar-refractivity contribution in [2.45, 2.75) is 59.2 Å². The van der Waals surface area contributed by atoms with Crippen molar-refractivity contribution in [1.82, 2.24) is 19.5 Å². The second-order valence-electron chi connectivity index (χ2n) is 9.99. The lowest BCUT2D eigenvalue weighted by molar-refractivity contribution is -0.113. The average Bonchev–Trinajstić information content (AvgIpc) is 3.30. The molecule has 17 heteroatoms. The van der Waals surface area contributed by atoms with E-state index in [1.807, 2.05) is 27.7 Å². The molecule has 2 aromatic heterocycles. The van der Waals surface area contributed by atoms with Crippen LogP contribution in [0.3, 0.4) is 0 Å². The summed E-state index contributed by atoms with van der Waals surface area (Å²) in [5.74, 6) is 1.40. The molecule has 0 fully saturated rings. The topological polar surface area (TPSA) is 201 Å². The van der Waals surface area contributed by atoms with Gasteiger partial charge in [0.2, 0.25) is 10.2 Å². The number of aromatic nitrogens is 4. The maximum atomic E-state index is 13.4.